The molecule has 1 atom stereocenters. The van der Waals surface area contributed by atoms with Crippen LogP contribution in [0.25, 0.3) is 0 Å². The minimum Gasteiger partial charge on any atom is -0.326 e. The smallest absolute Gasteiger partial charge is 0.244 e. The summed E-state index contributed by atoms with van der Waals surface area (Å²) in [5.74, 6) is -1.16. The summed E-state index contributed by atoms with van der Waals surface area (Å²) < 4.78 is 25.4. The van der Waals surface area contributed by atoms with Crippen LogP contribution in [-0.2, 0) is 24.2 Å². The van der Waals surface area contributed by atoms with E-state index in [9.17, 15) is 22.8 Å². The number of para-hydroxylation sites is 1. The second kappa shape index (κ2) is 8.04. The van der Waals surface area contributed by atoms with Gasteiger partial charge in [0.15, 0.2) is 9.84 Å². The van der Waals surface area contributed by atoms with Gasteiger partial charge in [-0.2, -0.15) is 0 Å². The highest BCUT2D eigenvalue weighted by atomic mass is 32.2. The number of carbonyl (C=O) groups is 3. The van der Waals surface area contributed by atoms with Gasteiger partial charge in [-0.15, -0.1) is 0 Å². The number of hydrogen-bond donors (Lipinski definition) is 2. The summed E-state index contributed by atoms with van der Waals surface area (Å²) in [5.41, 5.74) is 1.16. The first kappa shape index (κ1) is 20.5. The van der Waals surface area contributed by atoms with E-state index in [4.69, 9.17) is 0 Å². The number of benzene rings is 2. The van der Waals surface area contributed by atoms with Crippen molar-refractivity contribution in [3.8, 4) is 0 Å². The van der Waals surface area contributed by atoms with Crippen molar-refractivity contribution in [3.63, 3.8) is 0 Å². The molecule has 0 radical (unpaired) electrons. The second-order valence-electron chi connectivity index (χ2n) is 6.82. The number of carbonyl (C=O) groups excluding carboxylic acids is 3. The van der Waals surface area contributed by atoms with Crippen molar-refractivity contribution >= 4 is 44.6 Å². The van der Waals surface area contributed by atoms with Crippen molar-refractivity contribution in [3.05, 3.63) is 48.5 Å². The molecule has 2 aromatic carbocycles. The SMILES string of the molecule is CC(=O)Nc1cccc(NC(=O)CN2C(=O)CC(C)S(=O)(=O)c3ccccc32)c1. The highest BCUT2D eigenvalue weighted by molar-refractivity contribution is 7.92. The predicted octanol–water partition coefficient (Wildman–Crippen LogP) is 2.18. The maximum absolute atomic E-state index is 12.7. The van der Waals surface area contributed by atoms with Crippen LogP contribution in [0.5, 0.6) is 0 Å². The second-order valence-corrected chi connectivity index (χ2v) is 9.15. The van der Waals surface area contributed by atoms with E-state index in [0.29, 0.717) is 11.4 Å². The molecule has 0 spiro atoms. The lowest BCUT2D eigenvalue weighted by Gasteiger charge is -2.22. The number of nitrogens with one attached hydrogen (secondary N) is 2. The molecule has 9 heteroatoms. The standard InChI is InChI=1S/C20H21N3O5S/c1-13-10-20(26)23(17-8-3-4-9-18(17)29(13,27)28)12-19(25)22-16-7-5-6-15(11-16)21-14(2)24/h3-9,11,13H,10,12H2,1-2H3,(H,21,24)(H,22,25). The van der Waals surface area contributed by atoms with Crippen LogP contribution in [0.3, 0.4) is 0 Å². The molecule has 1 aliphatic heterocycles. The molecule has 1 unspecified atom stereocenters. The first-order chi connectivity index (χ1) is 13.7. The maximum Gasteiger partial charge on any atom is 0.244 e. The molecule has 29 heavy (non-hydrogen) atoms. The summed E-state index contributed by atoms with van der Waals surface area (Å²) >= 11 is 0. The highest BCUT2D eigenvalue weighted by Crippen LogP contribution is 2.33. The van der Waals surface area contributed by atoms with Crippen molar-refractivity contribution < 1.29 is 22.8 Å². The number of sulfone groups is 1. The van der Waals surface area contributed by atoms with Gasteiger partial charge in [-0.3, -0.25) is 14.4 Å². The summed E-state index contributed by atoms with van der Waals surface area (Å²) in [7, 11) is -3.67. The Balaban J connectivity index is 1.84. The molecule has 3 rings (SSSR count). The molecule has 2 N–H and O–H groups in total. The van der Waals surface area contributed by atoms with Crippen LogP contribution in [0.1, 0.15) is 20.3 Å². The summed E-state index contributed by atoms with van der Waals surface area (Å²) in [6, 6.07) is 12.8. The van der Waals surface area contributed by atoms with E-state index in [1.54, 1.807) is 36.4 Å². The van der Waals surface area contributed by atoms with Gasteiger partial charge in [-0.05, 0) is 37.3 Å². The zero-order valence-corrected chi connectivity index (χ0v) is 16.8. The largest absolute Gasteiger partial charge is 0.326 e. The van der Waals surface area contributed by atoms with E-state index in [0.717, 1.165) is 0 Å². The summed E-state index contributed by atoms with van der Waals surface area (Å²) in [6.07, 6.45) is -0.206. The molecule has 2 aromatic rings. The van der Waals surface area contributed by atoms with Gasteiger partial charge in [-0.1, -0.05) is 18.2 Å². The first-order valence-corrected chi connectivity index (χ1v) is 10.5. The number of nitrogens with zero attached hydrogens (tertiary/aromatic N) is 1. The Labute approximate surface area is 168 Å². The summed E-state index contributed by atoms with van der Waals surface area (Å²) in [4.78, 5) is 37.7. The van der Waals surface area contributed by atoms with E-state index in [1.165, 1.54) is 30.9 Å². The summed E-state index contributed by atoms with van der Waals surface area (Å²) in [6.45, 7) is 2.53. The van der Waals surface area contributed by atoms with Crippen molar-refractivity contribution in [1.82, 2.24) is 0 Å². The average Bonchev–Trinajstić information content (AvgIpc) is 2.71. The Morgan fingerprint density at radius 1 is 1.07 bits per heavy atom. The fraction of sp³-hybridized carbons (Fsp3) is 0.250. The van der Waals surface area contributed by atoms with Gasteiger partial charge in [-0.25, -0.2) is 8.42 Å². The van der Waals surface area contributed by atoms with Crippen LogP contribution in [0.2, 0.25) is 0 Å². The molecule has 8 nitrogen and oxygen atoms in total. The van der Waals surface area contributed by atoms with Gasteiger partial charge in [0, 0.05) is 24.7 Å². The van der Waals surface area contributed by atoms with E-state index in [1.807, 2.05) is 0 Å². The molecule has 0 aromatic heterocycles. The van der Waals surface area contributed by atoms with E-state index >= 15 is 0 Å². The Morgan fingerprint density at radius 3 is 2.41 bits per heavy atom. The topological polar surface area (TPSA) is 113 Å². The minimum absolute atomic E-state index is 0.0406. The van der Waals surface area contributed by atoms with E-state index < -0.39 is 26.9 Å². The maximum atomic E-state index is 12.7. The van der Waals surface area contributed by atoms with Gasteiger partial charge >= 0.3 is 0 Å². The number of hydrogen-bond acceptors (Lipinski definition) is 5. The Kier molecular flexibility index (Phi) is 5.69. The quantitative estimate of drug-likeness (QED) is 0.795. The monoisotopic (exact) mass is 415 g/mol. The van der Waals surface area contributed by atoms with Gasteiger partial charge in [0.1, 0.15) is 6.54 Å². The zero-order chi connectivity index (χ0) is 21.2. The Bertz CT molecular complexity index is 1080. The van der Waals surface area contributed by atoms with E-state index in [2.05, 4.69) is 10.6 Å². The number of anilines is 3. The van der Waals surface area contributed by atoms with Gasteiger partial charge < -0.3 is 15.5 Å². The summed E-state index contributed by atoms with van der Waals surface area (Å²) in [5, 5.41) is 4.42. The molecule has 0 saturated carbocycles. The van der Waals surface area contributed by atoms with Gasteiger partial charge in [0.25, 0.3) is 0 Å². The van der Waals surface area contributed by atoms with Crippen molar-refractivity contribution in [2.45, 2.75) is 30.4 Å². The third kappa shape index (κ3) is 4.45. The third-order valence-corrected chi connectivity index (χ3v) is 6.71. The number of rotatable bonds is 4. The van der Waals surface area contributed by atoms with Crippen LogP contribution in [0, 0.1) is 0 Å². The van der Waals surface area contributed by atoms with Crippen LogP contribution in [0.15, 0.2) is 53.4 Å². The number of fused-ring (bicyclic) bond motifs is 1. The lowest BCUT2D eigenvalue weighted by atomic mass is 10.2. The fourth-order valence-electron chi connectivity index (χ4n) is 3.13. The normalized spacial score (nSPS) is 17.8. The molecule has 0 fully saturated rings. The molecule has 0 saturated heterocycles. The zero-order valence-electron chi connectivity index (χ0n) is 16.0. The molecule has 0 bridgehead atoms. The molecule has 0 aliphatic carbocycles. The van der Waals surface area contributed by atoms with E-state index in [-0.39, 0.29) is 29.5 Å². The lowest BCUT2D eigenvalue weighted by molar-refractivity contribution is -0.121. The minimum atomic E-state index is -3.67. The molecule has 152 valence electrons. The predicted molar refractivity (Wildman–Crippen MR) is 109 cm³/mol. The first-order valence-electron chi connectivity index (χ1n) is 8.99. The molecule has 1 heterocycles. The van der Waals surface area contributed by atoms with Crippen molar-refractivity contribution in [2.75, 3.05) is 22.1 Å². The lowest BCUT2D eigenvalue weighted by Crippen LogP contribution is -2.38. The molecular weight excluding hydrogens is 394 g/mol. The van der Waals surface area contributed by atoms with Crippen LogP contribution in [-0.4, -0.2) is 37.9 Å². The van der Waals surface area contributed by atoms with Gasteiger partial charge in [0.2, 0.25) is 17.7 Å². The molecule has 1 aliphatic rings. The van der Waals surface area contributed by atoms with Crippen molar-refractivity contribution in [2.24, 2.45) is 0 Å². The molecular formula is C20H21N3O5S. The average molecular weight is 415 g/mol. The van der Waals surface area contributed by atoms with Crippen LogP contribution < -0.4 is 15.5 Å². The fourth-order valence-corrected chi connectivity index (χ4v) is 4.67. The Morgan fingerprint density at radius 2 is 1.72 bits per heavy atom. The van der Waals surface area contributed by atoms with Crippen LogP contribution >= 0.6 is 0 Å². The third-order valence-electron chi connectivity index (χ3n) is 4.52. The number of amides is 3. The van der Waals surface area contributed by atoms with Crippen molar-refractivity contribution in [1.29, 1.82) is 0 Å². The molecule has 3 amide bonds. The van der Waals surface area contributed by atoms with Gasteiger partial charge in [0.05, 0.1) is 15.8 Å². The Hall–Kier alpha value is -3.20. The van der Waals surface area contributed by atoms with Crippen LogP contribution in [0.4, 0.5) is 17.1 Å². The highest BCUT2D eigenvalue weighted by Gasteiger charge is 2.36.